The number of nitrogens with zero attached hydrogens (tertiary/aromatic N) is 3. The highest BCUT2D eigenvalue weighted by molar-refractivity contribution is 6.32. The molecule has 0 aliphatic rings. The maximum Gasteiger partial charge on any atom is 0.274 e. The van der Waals surface area contributed by atoms with Gasteiger partial charge in [0.25, 0.3) is 5.56 Å². The van der Waals surface area contributed by atoms with Crippen LogP contribution in [0.4, 0.5) is 5.95 Å². The quantitative estimate of drug-likeness (QED) is 0.623. The Morgan fingerprint density at radius 1 is 1.24 bits per heavy atom. The first-order valence-electron chi connectivity index (χ1n) is 7.44. The number of benzene rings is 1. The molecule has 0 fully saturated rings. The number of H-pyrrole nitrogens is 1. The molecule has 0 saturated carbocycles. The van der Waals surface area contributed by atoms with E-state index >= 15 is 0 Å². The summed E-state index contributed by atoms with van der Waals surface area (Å²) in [6, 6.07) is 3.39. The van der Waals surface area contributed by atoms with Crippen LogP contribution in [0.2, 0.25) is 5.02 Å². The molecule has 9 heteroatoms. The zero-order chi connectivity index (χ0) is 18.6. The fourth-order valence-electron chi connectivity index (χ4n) is 2.06. The van der Waals surface area contributed by atoms with Crippen molar-refractivity contribution in [1.82, 2.24) is 15.2 Å². The molecular weight excluding hydrogens is 346 g/mol. The van der Waals surface area contributed by atoms with Gasteiger partial charge in [-0.3, -0.25) is 9.78 Å². The van der Waals surface area contributed by atoms with Gasteiger partial charge in [-0.25, -0.2) is 5.43 Å². The Morgan fingerprint density at radius 3 is 2.52 bits per heavy atom. The maximum absolute atomic E-state index is 12.0. The van der Waals surface area contributed by atoms with Crippen molar-refractivity contribution in [2.24, 2.45) is 5.10 Å². The summed E-state index contributed by atoms with van der Waals surface area (Å²) >= 11 is 6.13. The zero-order valence-corrected chi connectivity index (χ0v) is 15.4. The zero-order valence-electron chi connectivity index (χ0n) is 14.7. The largest absolute Gasteiger partial charge is 0.493 e. The number of hydrogen-bond donors (Lipinski definition) is 2. The lowest BCUT2D eigenvalue weighted by Crippen LogP contribution is -2.28. The summed E-state index contributed by atoms with van der Waals surface area (Å²) in [6.07, 6.45) is 1.51. The summed E-state index contributed by atoms with van der Waals surface area (Å²) in [5.74, 6) is 1.07. The van der Waals surface area contributed by atoms with Crippen LogP contribution in [0.1, 0.15) is 32.0 Å². The van der Waals surface area contributed by atoms with Crippen LogP contribution in [0, 0.1) is 0 Å². The third kappa shape index (κ3) is 4.48. The molecule has 1 heterocycles. The van der Waals surface area contributed by atoms with E-state index in [1.54, 1.807) is 12.1 Å². The van der Waals surface area contributed by atoms with Crippen LogP contribution < -0.4 is 20.5 Å². The van der Waals surface area contributed by atoms with E-state index in [-0.39, 0.29) is 11.5 Å². The summed E-state index contributed by atoms with van der Waals surface area (Å²) in [7, 11) is 3.03. The summed E-state index contributed by atoms with van der Waals surface area (Å²) in [4.78, 5) is 14.6. The van der Waals surface area contributed by atoms with Gasteiger partial charge in [0.15, 0.2) is 11.5 Å². The number of anilines is 1. The lowest BCUT2D eigenvalue weighted by Gasteiger charge is -2.15. The third-order valence-electron chi connectivity index (χ3n) is 3.25. The normalized spacial score (nSPS) is 11.6. The van der Waals surface area contributed by atoms with E-state index in [4.69, 9.17) is 21.1 Å². The number of aromatic amines is 1. The van der Waals surface area contributed by atoms with Crippen LogP contribution in [0.25, 0.3) is 0 Å². The van der Waals surface area contributed by atoms with Crippen molar-refractivity contribution in [2.75, 3.05) is 19.6 Å². The molecule has 134 valence electrons. The molecule has 0 radical (unpaired) electrons. The van der Waals surface area contributed by atoms with Gasteiger partial charge in [-0.2, -0.15) is 5.10 Å². The Labute approximate surface area is 150 Å². The highest BCUT2D eigenvalue weighted by atomic mass is 35.5. The number of aromatic nitrogens is 3. The van der Waals surface area contributed by atoms with E-state index < -0.39 is 5.41 Å². The molecule has 0 aliphatic carbocycles. The van der Waals surface area contributed by atoms with Gasteiger partial charge < -0.3 is 9.47 Å². The van der Waals surface area contributed by atoms with Crippen LogP contribution in [0.3, 0.4) is 0 Å². The molecule has 0 amide bonds. The van der Waals surface area contributed by atoms with E-state index in [0.717, 1.165) is 0 Å². The average Bonchev–Trinajstić information content (AvgIpc) is 2.53. The minimum atomic E-state index is -0.390. The highest BCUT2D eigenvalue weighted by Crippen LogP contribution is 2.35. The molecule has 0 unspecified atom stereocenters. The second-order valence-corrected chi connectivity index (χ2v) is 6.62. The molecule has 8 nitrogen and oxygen atoms in total. The minimum Gasteiger partial charge on any atom is -0.493 e. The Hall–Kier alpha value is -2.61. The topological polar surface area (TPSA) is 101 Å². The van der Waals surface area contributed by atoms with Crippen molar-refractivity contribution in [3.8, 4) is 11.5 Å². The lowest BCUT2D eigenvalue weighted by atomic mass is 9.93. The van der Waals surface area contributed by atoms with Crippen LogP contribution in [0.5, 0.6) is 11.5 Å². The van der Waals surface area contributed by atoms with Crippen LogP contribution in [-0.4, -0.2) is 35.6 Å². The van der Waals surface area contributed by atoms with Gasteiger partial charge >= 0.3 is 0 Å². The molecule has 1 aromatic heterocycles. The van der Waals surface area contributed by atoms with E-state index in [1.807, 2.05) is 20.8 Å². The van der Waals surface area contributed by atoms with Gasteiger partial charge in [-0.05, 0) is 17.7 Å². The number of hydrazone groups is 1. The fourth-order valence-corrected chi connectivity index (χ4v) is 2.35. The molecule has 0 bridgehead atoms. The van der Waals surface area contributed by atoms with Crippen molar-refractivity contribution < 1.29 is 9.47 Å². The van der Waals surface area contributed by atoms with Crippen molar-refractivity contribution in [2.45, 2.75) is 26.2 Å². The predicted molar refractivity (Wildman–Crippen MR) is 97.1 cm³/mol. The Kier molecular flexibility index (Phi) is 5.63. The van der Waals surface area contributed by atoms with Crippen LogP contribution in [0.15, 0.2) is 22.0 Å². The predicted octanol–water partition coefficient (Wildman–Crippen LogP) is 2.58. The maximum atomic E-state index is 12.0. The molecular formula is C16H20ClN5O3. The molecule has 25 heavy (non-hydrogen) atoms. The van der Waals surface area contributed by atoms with Crippen molar-refractivity contribution in [3.63, 3.8) is 0 Å². The SMILES string of the molecule is COc1cc(/C=N/Nc2nnc(C(C)(C)C)c(=O)[nH]2)cc(Cl)c1OC. The van der Waals surface area contributed by atoms with Gasteiger partial charge in [0, 0.05) is 5.41 Å². The lowest BCUT2D eigenvalue weighted by molar-refractivity contribution is 0.355. The van der Waals surface area contributed by atoms with Gasteiger partial charge in [0.05, 0.1) is 25.5 Å². The monoisotopic (exact) mass is 365 g/mol. The van der Waals surface area contributed by atoms with Gasteiger partial charge in [0.1, 0.15) is 5.69 Å². The van der Waals surface area contributed by atoms with E-state index in [1.165, 1.54) is 20.4 Å². The van der Waals surface area contributed by atoms with E-state index in [2.05, 4.69) is 25.7 Å². The Balaban J connectivity index is 2.18. The standard InChI is InChI=1S/C16H20ClN5O3/c1-16(2,3)13-14(23)19-15(22-20-13)21-18-8-9-6-10(17)12(25-5)11(7-9)24-4/h6-8H,1-5H3,(H2,19,21,22,23)/b18-8+. The summed E-state index contributed by atoms with van der Waals surface area (Å²) in [5.41, 5.74) is 2.96. The molecule has 2 rings (SSSR count). The number of methoxy groups -OCH3 is 2. The summed E-state index contributed by atoms with van der Waals surface area (Å²) in [6.45, 7) is 5.66. The van der Waals surface area contributed by atoms with Crippen LogP contribution in [-0.2, 0) is 5.41 Å². The molecule has 0 aliphatic heterocycles. The van der Waals surface area contributed by atoms with Gasteiger partial charge in [-0.15, -0.1) is 10.2 Å². The Morgan fingerprint density at radius 2 is 1.96 bits per heavy atom. The van der Waals surface area contributed by atoms with Crippen molar-refractivity contribution >= 4 is 23.8 Å². The van der Waals surface area contributed by atoms with Crippen molar-refractivity contribution in [1.29, 1.82) is 0 Å². The number of halogens is 1. The first-order chi connectivity index (χ1) is 11.8. The van der Waals surface area contributed by atoms with Gasteiger partial charge in [-0.1, -0.05) is 32.4 Å². The number of hydrogen-bond acceptors (Lipinski definition) is 7. The highest BCUT2D eigenvalue weighted by Gasteiger charge is 2.20. The molecule has 1 aromatic carbocycles. The van der Waals surface area contributed by atoms with Gasteiger partial charge in [0.2, 0.25) is 5.95 Å². The fraction of sp³-hybridized carbons (Fsp3) is 0.375. The molecule has 0 atom stereocenters. The summed E-state index contributed by atoms with van der Waals surface area (Å²) in [5, 5.41) is 12.3. The second-order valence-electron chi connectivity index (χ2n) is 6.21. The number of ether oxygens (including phenoxy) is 2. The van der Waals surface area contributed by atoms with E-state index in [9.17, 15) is 4.79 Å². The molecule has 0 spiro atoms. The number of nitrogens with one attached hydrogen (secondary N) is 2. The minimum absolute atomic E-state index is 0.140. The Bertz CT molecular complexity index is 843. The molecule has 2 aromatic rings. The smallest absolute Gasteiger partial charge is 0.274 e. The second kappa shape index (κ2) is 7.52. The molecule has 0 saturated heterocycles. The third-order valence-corrected chi connectivity index (χ3v) is 3.53. The summed E-state index contributed by atoms with van der Waals surface area (Å²) < 4.78 is 10.4. The van der Waals surface area contributed by atoms with Crippen molar-refractivity contribution in [3.05, 3.63) is 38.8 Å². The molecule has 2 N–H and O–H groups in total. The first-order valence-corrected chi connectivity index (χ1v) is 7.82. The average molecular weight is 366 g/mol. The number of rotatable bonds is 5. The first kappa shape index (κ1) is 18.7. The van der Waals surface area contributed by atoms with E-state index in [0.29, 0.717) is 27.8 Å². The van der Waals surface area contributed by atoms with Crippen LogP contribution >= 0.6 is 11.6 Å².